The fourth-order valence-corrected chi connectivity index (χ4v) is 4.42. The molecule has 0 bridgehead atoms. The van der Waals surface area contributed by atoms with E-state index in [9.17, 15) is 4.79 Å². The van der Waals surface area contributed by atoms with Crippen LogP contribution in [-0.4, -0.2) is 46.7 Å². The number of carbonyl (C=O) groups is 1. The second-order valence-electron chi connectivity index (χ2n) is 8.56. The zero-order valence-corrected chi connectivity index (χ0v) is 16.2. The van der Waals surface area contributed by atoms with Gasteiger partial charge in [-0.15, -0.1) is 0 Å². The van der Waals surface area contributed by atoms with Crippen LogP contribution in [0.1, 0.15) is 52.5 Å². The molecule has 2 aliphatic rings. The van der Waals surface area contributed by atoms with Crippen molar-refractivity contribution in [3.8, 4) is 0 Å². The Morgan fingerprint density at radius 2 is 1.96 bits per heavy atom. The summed E-state index contributed by atoms with van der Waals surface area (Å²) in [7, 11) is 2.18. The summed E-state index contributed by atoms with van der Waals surface area (Å²) in [4.78, 5) is 17.2. The second-order valence-corrected chi connectivity index (χ2v) is 8.56. The first-order valence-electron chi connectivity index (χ1n) is 9.57. The maximum absolute atomic E-state index is 12.7. The van der Waals surface area contributed by atoms with E-state index < -0.39 is 5.60 Å². The third-order valence-corrected chi connectivity index (χ3v) is 5.66. The number of carbonyl (C=O) groups excluding carboxylic acids is 1. The highest BCUT2D eigenvalue weighted by molar-refractivity contribution is 5.71. The standard InChI is InChI=1S/C21H32N2O2/c1-6-17(22(5)14-15-10-8-7-9-11-15)19-16-12-13-18(16)23(19)20(24)25-21(2,3)4/h7-11,16-19H,6,12-14H2,1-5H3. The molecule has 0 aromatic heterocycles. The summed E-state index contributed by atoms with van der Waals surface area (Å²) in [6.45, 7) is 8.96. The summed E-state index contributed by atoms with van der Waals surface area (Å²) in [5.41, 5.74) is 0.880. The first kappa shape index (κ1) is 18.2. The summed E-state index contributed by atoms with van der Waals surface area (Å²) in [6.07, 6.45) is 3.27. The molecule has 0 N–H and O–H groups in total. The van der Waals surface area contributed by atoms with E-state index in [-0.39, 0.29) is 12.1 Å². The summed E-state index contributed by atoms with van der Waals surface area (Å²) in [5, 5.41) is 0. The molecule has 2 fully saturated rings. The van der Waals surface area contributed by atoms with Gasteiger partial charge in [-0.3, -0.25) is 9.80 Å². The highest BCUT2D eigenvalue weighted by atomic mass is 16.6. The van der Waals surface area contributed by atoms with E-state index in [2.05, 4.69) is 49.2 Å². The molecule has 4 heteroatoms. The lowest BCUT2D eigenvalue weighted by atomic mass is 9.63. The van der Waals surface area contributed by atoms with Crippen LogP contribution >= 0.6 is 0 Å². The Hall–Kier alpha value is -1.55. The molecular formula is C21H32N2O2. The smallest absolute Gasteiger partial charge is 0.410 e. The average molecular weight is 344 g/mol. The van der Waals surface area contributed by atoms with Crippen molar-refractivity contribution in [2.45, 2.75) is 77.2 Å². The number of hydrogen-bond acceptors (Lipinski definition) is 3. The Balaban J connectivity index is 1.71. The minimum atomic E-state index is -0.436. The van der Waals surface area contributed by atoms with Crippen LogP contribution in [0.25, 0.3) is 0 Å². The fraction of sp³-hybridized carbons (Fsp3) is 0.667. The van der Waals surface area contributed by atoms with E-state index in [1.807, 2.05) is 25.7 Å². The molecule has 1 saturated heterocycles. The van der Waals surface area contributed by atoms with Gasteiger partial charge in [0.1, 0.15) is 5.60 Å². The fourth-order valence-electron chi connectivity index (χ4n) is 4.42. The lowest BCUT2D eigenvalue weighted by molar-refractivity contribution is -0.141. The molecule has 1 aliphatic heterocycles. The van der Waals surface area contributed by atoms with Crippen LogP contribution in [0.15, 0.2) is 30.3 Å². The van der Waals surface area contributed by atoms with E-state index in [4.69, 9.17) is 4.74 Å². The molecule has 4 nitrogen and oxygen atoms in total. The molecule has 4 unspecified atom stereocenters. The topological polar surface area (TPSA) is 32.8 Å². The number of likely N-dealkylation sites (tertiary alicyclic amines) is 1. The van der Waals surface area contributed by atoms with E-state index in [1.165, 1.54) is 12.0 Å². The molecule has 1 aromatic carbocycles. The number of hydrogen-bond donors (Lipinski definition) is 0. The van der Waals surface area contributed by atoms with Crippen molar-refractivity contribution in [3.05, 3.63) is 35.9 Å². The van der Waals surface area contributed by atoms with E-state index in [0.29, 0.717) is 18.0 Å². The Morgan fingerprint density at radius 3 is 2.48 bits per heavy atom. The van der Waals surface area contributed by atoms with Crippen LogP contribution in [0.4, 0.5) is 4.79 Å². The van der Waals surface area contributed by atoms with Gasteiger partial charge < -0.3 is 4.74 Å². The number of benzene rings is 1. The van der Waals surface area contributed by atoms with Crippen LogP contribution in [0.5, 0.6) is 0 Å². The van der Waals surface area contributed by atoms with Gasteiger partial charge >= 0.3 is 6.09 Å². The van der Waals surface area contributed by atoms with Crippen molar-refractivity contribution < 1.29 is 9.53 Å². The highest BCUT2D eigenvalue weighted by Crippen LogP contribution is 2.50. The summed E-state index contributed by atoms with van der Waals surface area (Å²) in [5.74, 6) is 0.649. The van der Waals surface area contributed by atoms with Gasteiger partial charge in [-0.2, -0.15) is 0 Å². The Kier molecular flexibility index (Phi) is 5.10. The van der Waals surface area contributed by atoms with Crippen LogP contribution in [0, 0.1) is 5.92 Å². The van der Waals surface area contributed by atoms with Gasteiger partial charge in [0, 0.05) is 24.5 Å². The second kappa shape index (κ2) is 6.99. The predicted molar refractivity (Wildman–Crippen MR) is 100 cm³/mol. The highest BCUT2D eigenvalue weighted by Gasteiger charge is 2.59. The van der Waals surface area contributed by atoms with Crippen LogP contribution in [-0.2, 0) is 11.3 Å². The first-order chi connectivity index (χ1) is 11.8. The van der Waals surface area contributed by atoms with Gasteiger partial charge in [-0.05, 0) is 52.6 Å². The Labute approximate surface area is 152 Å². The van der Waals surface area contributed by atoms with Crippen molar-refractivity contribution in [1.29, 1.82) is 0 Å². The van der Waals surface area contributed by atoms with Gasteiger partial charge in [0.25, 0.3) is 0 Å². The van der Waals surface area contributed by atoms with Gasteiger partial charge in [-0.25, -0.2) is 4.79 Å². The lowest BCUT2D eigenvalue weighted by Gasteiger charge is -2.64. The number of likely N-dealkylation sites (N-methyl/N-ethyl adjacent to an activating group) is 1. The number of amides is 1. The van der Waals surface area contributed by atoms with Gasteiger partial charge in [0.05, 0.1) is 6.04 Å². The Morgan fingerprint density at radius 1 is 1.28 bits per heavy atom. The van der Waals surface area contributed by atoms with Gasteiger partial charge in [0.15, 0.2) is 0 Å². The zero-order valence-electron chi connectivity index (χ0n) is 16.2. The number of fused-ring (bicyclic) bond motifs is 1. The third-order valence-electron chi connectivity index (χ3n) is 5.66. The molecular weight excluding hydrogens is 312 g/mol. The van der Waals surface area contributed by atoms with Crippen LogP contribution in [0.2, 0.25) is 0 Å². The maximum atomic E-state index is 12.7. The van der Waals surface area contributed by atoms with Crippen molar-refractivity contribution >= 4 is 6.09 Å². The van der Waals surface area contributed by atoms with Crippen molar-refractivity contribution in [1.82, 2.24) is 9.80 Å². The lowest BCUT2D eigenvalue weighted by Crippen LogP contribution is -2.75. The molecule has 3 rings (SSSR count). The molecule has 1 saturated carbocycles. The summed E-state index contributed by atoms with van der Waals surface area (Å²) < 4.78 is 5.69. The molecule has 138 valence electrons. The number of piperidine rings is 1. The summed E-state index contributed by atoms with van der Waals surface area (Å²) in [6, 6.07) is 11.6. The minimum absolute atomic E-state index is 0.134. The number of nitrogens with zero attached hydrogens (tertiary/aromatic N) is 2. The molecule has 0 radical (unpaired) electrons. The molecule has 1 heterocycles. The molecule has 25 heavy (non-hydrogen) atoms. The normalized spacial score (nSPS) is 26.5. The van der Waals surface area contributed by atoms with Crippen LogP contribution < -0.4 is 0 Å². The molecule has 0 spiro atoms. The molecule has 1 aromatic rings. The largest absolute Gasteiger partial charge is 0.444 e. The quantitative estimate of drug-likeness (QED) is 0.798. The molecule has 1 amide bonds. The maximum Gasteiger partial charge on any atom is 0.410 e. The van der Waals surface area contributed by atoms with Gasteiger partial charge in [-0.1, -0.05) is 37.3 Å². The number of rotatable bonds is 5. The van der Waals surface area contributed by atoms with Crippen molar-refractivity contribution in [3.63, 3.8) is 0 Å². The SMILES string of the molecule is CCC(C1C2CCC2N1C(=O)OC(C)(C)C)N(C)Cc1ccccc1. The monoisotopic (exact) mass is 344 g/mol. The van der Waals surface area contributed by atoms with E-state index in [0.717, 1.165) is 19.4 Å². The third kappa shape index (κ3) is 3.69. The van der Waals surface area contributed by atoms with Gasteiger partial charge in [0.2, 0.25) is 0 Å². The predicted octanol–water partition coefficient (Wildman–Crippen LogP) is 4.29. The van der Waals surface area contributed by atoms with Crippen molar-refractivity contribution in [2.75, 3.05) is 7.05 Å². The van der Waals surface area contributed by atoms with Crippen LogP contribution in [0.3, 0.4) is 0 Å². The number of ether oxygens (including phenoxy) is 1. The summed E-state index contributed by atoms with van der Waals surface area (Å²) >= 11 is 0. The molecule has 1 aliphatic carbocycles. The minimum Gasteiger partial charge on any atom is -0.444 e. The van der Waals surface area contributed by atoms with E-state index >= 15 is 0 Å². The first-order valence-corrected chi connectivity index (χ1v) is 9.57. The Bertz CT molecular complexity index is 596. The average Bonchev–Trinajstić information content (AvgIpc) is 2.50. The molecule has 4 atom stereocenters. The van der Waals surface area contributed by atoms with E-state index in [1.54, 1.807) is 0 Å². The zero-order chi connectivity index (χ0) is 18.2. The van der Waals surface area contributed by atoms with Crippen molar-refractivity contribution in [2.24, 2.45) is 5.92 Å².